The summed E-state index contributed by atoms with van der Waals surface area (Å²) in [6, 6.07) is 7.06. The van der Waals surface area contributed by atoms with E-state index < -0.39 is 0 Å². The molecule has 0 saturated carbocycles. The Bertz CT molecular complexity index is 457. The van der Waals surface area contributed by atoms with Crippen LogP contribution in [0.1, 0.15) is 39.6 Å². The number of hydrogen-bond acceptors (Lipinski definition) is 3. The van der Waals surface area contributed by atoms with Crippen molar-refractivity contribution in [2.45, 2.75) is 33.2 Å². The van der Waals surface area contributed by atoms with Gasteiger partial charge in [-0.15, -0.1) is 22.7 Å². The van der Waals surface area contributed by atoms with E-state index in [-0.39, 0.29) is 0 Å². The minimum Gasteiger partial charge on any atom is -0.306 e. The van der Waals surface area contributed by atoms with E-state index in [1.807, 2.05) is 22.7 Å². The molecule has 1 N–H and O–H groups in total. The monoisotopic (exact) mass is 265 g/mol. The summed E-state index contributed by atoms with van der Waals surface area (Å²) in [5.74, 6) is 0. The molecule has 0 fully saturated rings. The molecule has 0 radical (unpaired) electrons. The molecule has 1 atom stereocenters. The first-order valence-corrected chi connectivity index (χ1v) is 7.75. The molecule has 2 heterocycles. The van der Waals surface area contributed by atoms with Gasteiger partial charge < -0.3 is 5.32 Å². The maximum Gasteiger partial charge on any atom is 0.0681 e. The van der Waals surface area contributed by atoms with Gasteiger partial charge in [-0.25, -0.2) is 0 Å². The Morgan fingerprint density at radius 1 is 1.35 bits per heavy atom. The number of nitrogens with one attached hydrogen (secondary N) is 1. The van der Waals surface area contributed by atoms with E-state index in [0.29, 0.717) is 6.04 Å². The summed E-state index contributed by atoms with van der Waals surface area (Å²) in [6.07, 6.45) is 1.17. The van der Waals surface area contributed by atoms with Gasteiger partial charge in [0.2, 0.25) is 0 Å². The molecule has 0 amide bonds. The van der Waals surface area contributed by atoms with Gasteiger partial charge >= 0.3 is 0 Å². The summed E-state index contributed by atoms with van der Waals surface area (Å²) in [5.41, 5.74) is 1.45. The molecule has 0 saturated heterocycles. The molecule has 0 spiro atoms. The van der Waals surface area contributed by atoms with Crippen LogP contribution in [-0.4, -0.2) is 6.54 Å². The summed E-state index contributed by atoms with van der Waals surface area (Å²) < 4.78 is 0. The Morgan fingerprint density at radius 2 is 2.18 bits per heavy atom. The zero-order chi connectivity index (χ0) is 12.3. The molecule has 0 aliphatic carbocycles. The molecule has 2 aromatic heterocycles. The Kier molecular flexibility index (Phi) is 4.37. The minimum absolute atomic E-state index is 0.375. The van der Waals surface area contributed by atoms with Crippen LogP contribution in [0.5, 0.6) is 0 Å². The fourth-order valence-electron chi connectivity index (χ4n) is 2.05. The third-order valence-corrected chi connectivity index (χ3v) is 4.74. The zero-order valence-corrected chi connectivity index (χ0v) is 12.3. The normalized spacial score (nSPS) is 12.9. The summed E-state index contributed by atoms with van der Waals surface area (Å²) in [7, 11) is 0. The SMILES string of the molecule is CCCNC(c1cccs1)c1cc(C)sc1C. The van der Waals surface area contributed by atoms with Crippen LogP contribution in [0.2, 0.25) is 0 Å². The zero-order valence-electron chi connectivity index (χ0n) is 10.6. The lowest BCUT2D eigenvalue weighted by atomic mass is 10.1. The second-order valence-electron chi connectivity index (χ2n) is 4.27. The molecule has 1 unspecified atom stereocenters. The Hall–Kier alpha value is -0.640. The van der Waals surface area contributed by atoms with Gasteiger partial charge in [0.15, 0.2) is 0 Å². The van der Waals surface area contributed by atoms with Crippen LogP contribution in [0, 0.1) is 13.8 Å². The molecule has 17 heavy (non-hydrogen) atoms. The first-order chi connectivity index (χ1) is 8.22. The molecule has 2 aromatic rings. The van der Waals surface area contributed by atoms with Crippen molar-refractivity contribution in [1.82, 2.24) is 5.32 Å². The van der Waals surface area contributed by atoms with Crippen molar-refractivity contribution in [3.63, 3.8) is 0 Å². The highest BCUT2D eigenvalue weighted by molar-refractivity contribution is 7.12. The van der Waals surface area contributed by atoms with E-state index in [0.717, 1.165) is 6.54 Å². The summed E-state index contributed by atoms with van der Waals surface area (Å²) in [5, 5.41) is 5.82. The molecule has 2 rings (SSSR count). The van der Waals surface area contributed by atoms with E-state index in [1.165, 1.54) is 26.6 Å². The third kappa shape index (κ3) is 2.97. The number of hydrogen-bond donors (Lipinski definition) is 1. The summed E-state index contributed by atoms with van der Waals surface area (Å²) >= 11 is 3.73. The number of thiophene rings is 2. The van der Waals surface area contributed by atoms with E-state index >= 15 is 0 Å². The quantitative estimate of drug-likeness (QED) is 0.838. The van der Waals surface area contributed by atoms with Crippen molar-refractivity contribution in [1.29, 1.82) is 0 Å². The van der Waals surface area contributed by atoms with Crippen LogP contribution >= 0.6 is 22.7 Å². The largest absolute Gasteiger partial charge is 0.306 e. The second kappa shape index (κ2) is 5.80. The average molecular weight is 265 g/mol. The van der Waals surface area contributed by atoms with Gasteiger partial charge in [-0.2, -0.15) is 0 Å². The van der Waals surface area contributed by atoms with Gasteiger partial charge in [0, 0.05) is 14.6 Å². The van der Waals surface area contributed by atoms with E-state index in [2.05, 4.69) is 49.7 Å². The van der Waals surface area contributed by atoms with Gasteiger partial charge in [0.05, 0.1) is 6.04 Å². The highest BCUT2D eigenvalue weighted by atomic mass is 32.1. The molecule has 0 aliphatic rings. The maximum absolute atomic E-state index is 3.66. The van der Waals surface area contributed by atoms with Crippen LogP contribution in [0.15, 0.2) is 23.6 Å². The van der Waals surface area contributed by atoms with Crippen LogP contribution in [-0.2, 0) is 0 Å². The molecule has 0 aromatic carbocycles. The van der Waals surface area contributed by atoms with Crippen LogP contribution in [0.4, 0.5) is 0 Å². The van der Waals surface area contributed by atoms with Crippen LogP contribution in [0.25, 0.3) is 0 Å². The Balaban J connectivity index is 2.30. The maximum atomic E-state index is 3.66. The number of aryl methyl sites for hydroxylation is 2. The standard InChI is InChI=1S/C14H19NS2/c1-4-7-15-14(13-6-5-8-16-13)12-9-10(2)17-11(12)3/h5-6,8-9,14-15H,4,7H2,1-3H3. The molecular weight excluding hydrogens is 246 g/mol. The fourth-order valence-corrected chi connectivity index (χ4v) is 3.83. The van der Waals surface area contributed by atoms with Crippen molar-refractivity contribution in [3.05, 3.63) is 43.8 Å². The van der Waals surface area contributed by atoms with Gasteiger partial charge in [0.25, 0.3) is 0 Å². The van der Waals surface area contributed by atoms with Gasteiger partial charge in [0.1, 0.15) is 0 Å². The fraction of sp³-hybridized carbons (Fsp3) is 0.429. The highest BCUT2D eigenvalue weighted by Crippen LogP contribution is 2.32. The van der Waals surface area contributed by atoms with Crippen LogP contribution < -0.4 is 5.32 Å². The smallest absolute Gasteiger partial charge is 0.0681 e. The third-order valence-electron chi connectivity index (χ3n) is 2.82. The van der Waals surface area contributed by atoms with Crippen molar-refractivity contribution in [2.24, 2.45) is 0 Å². The predicted octanol–water partition coefficient (Wildman–Crippen LogP) is 4.52. The molecule has 3 heteroatoms. The molecule has 0 aliphatic heterocycles. The Morgan fingerprint density at radius 3 is 2.71 bits per heavy atom. The first-order valence-electron chi connectivity index (χ1n) is 6.06. The summed E-state index contributed by atoms with van der Waals surface area (Å²) in [4.78, 5) is 4.25. The highest BCUT2D eigenvalue weighted by Gasteiger charge is 2.17. The van der Waals surface area contributed by atoms with E-state index in [9.17, 15) is 0 Å². The molecule has 0 bridgehead atoms. The van der Waals surface area contributed by atoms with Crippen molar-refractivity contribution < 1.29 is 0 Å². The minimum atomic E-state index is 0.375. The van der Waals surface area contributed by atoms with Crippen molar-refractivity contribution in [2.75, 3.05) is 6.54 Å². The lowest BCUT2D eigenvalue weighted by Crippen LogP contribution is -2.22. The molecule has 1 nitrogen and oxygen atoms in total. The molecule has 92 valence electrons. The Labute approximate surface area is 112 Å². The van der Waals surface area contributed by atoms with E-state index in [1.54, 1.807) is 0 Å². The van der Waals surface area contributed by atoms with Gasteiger partial charge in [-0.1, -0.05) is 13.0 Å². The van der Waals surface area contributed by atoms with E-state index in [4.69, 9.17) is 0 Å². The van der Waals surface area contributed by atoms with Gasteiger partial charge in [-0.05, 0) is 49.9 Å². The van der Waals surface area contributed by atoms with Crippen LogP contribution in [0.3, 0.4) is 0 Å². The van der Waals surface area contributed by atoms with Gasteiger partial charge in [-0.3, -0.25) is 0 Å². The number of rotatable bonds is 5. The average Bonchev–Trinajstić information content (AvgIpc) is 2.90. The first kappa shape index (κ1) is 12.8. The van der Waals surface area contributed by atoms with Crippen molar-refractivity contribution in [3.8, 4) is 0 Å². The molecular formula is C14H19NS2. The second-order valence-corrected chi connectivity index (χ2v) is 6.71. The lowest BCUT2D eigenvalue weighted by molar-refractivity contribution is 0.605. The predicted molar refractivity (Wildman–Crippen MR) is 78.2 cm³/mol. The summed E-state index contributed by atoms with van der Waals surface area (Å²) in [6.45, 7) is 7.69. The topological polar surface area (TPSA) is 12.0 Å². The van der Waals surface area contributed by atoms with Crippen molar-refractivity contribution >= 4 is 22.7 Å². The lowest BCUT2D eigenvalue weighted by Gasteiger charge is -2.17.